The summed E-state index contributed by atoms with van der Waals surface area (Å²) in [5, 5.41) is 0.218. The molecule has 4 nitrogen and oxygen atoms in total. The number of ether oxygens (including phenoxy) is 2. The molecule has 1 aliphatic heterocycles. The first-order valence-corrected chi connectivity index (χ1v) is 10.8. The highest BCUT2D eigenvalue weighted by atomic mass is 28.4. The Bertz CT molecular complexity index is 496. The van der Waals surface area contributed by atoms with Crippen LogP contribution in [0.2, 0.25) is 18.1 Å². The van der Waals surface area contributed by atoms with Gasteiger partial charge in [-0.1, -0.05) is 32.9 Å². The summed E-state index contributed by atoms with van der Waals surface area (Å²) in [6.07, 6.45) is 0.171. The number of benzene rings is 1. The smallest absolute Gasteiger partial charge is 0.192 e. The minimum atomic E-state index is -1.72. The van der Waals surface area contributed by atoms with Gasteiger partial charge in [0.2, 0.25) is 0 Å². The molecule has 1 heterocycles. The summed E-state index contributed by atoms with van der Waals surface area (Å²) in [7, 11) is -0.0612. The summed E-state index contributed by atoms with van der Waals surface area (Å²) in [5.74, 6) is 0.838. The van der Waals surface area contributed by atoms with Gasteiger partial charge in [-0.25, -0.2) is 0 Å². The van der Waals surface area contributed by atoms with E-state index in [0.29, 0.717) is 6.61 Å². The van der Waals surface area contributed by atoms with Crippen LogP contribution in [0.4, 0.5) is 0 Å². The first-order chi connectivity index (χ1) is 10.2. The molecular weight excluding hydrogens is 294 g/mol. The molecule has 2 rings (SSSR count). The summed E-state index contributed by atoms with van der Waals surface area (Å²) in [6.45, 7) is 11.9. The van der Waals surface area contributed by atoms with Crippen molar-refractivity contribution in [1.29, 1.82) is 0 Å². The molecule has 22 heavy (non-hydrogen) atoms. The van der Waals surface area contributed by atoms with Crippen LogP contribution >= 0.6 is 0 Å². The molecule has 0 bridgehead atoms. The van der Waals surface area contributed by atoms with Crippen LogP contribution < -0.4 is 10.5 Å². The van der Waals surface area contributed by atoms with Crippen LogP contribution in [0, 0.1) is 0 Å². The van der Waals surface area contributed by atoms with Gasteiger partial charge in [-0.05, 0) is 35.8 Å². The zero-order valence-electron chi connectivity index (χ0n) is 14.6. The average Bonchev–Trinajstić information content (AvgIpc) is 3.23. The summed E-state index contributed by atoms with van der Waals surface area (Å²) in [4.78, 5) is 0. The Labute approximate surface area is 135 Å². The molecule has 0 spiro atoms. The molecule has 124 valence electrons. The lowest BCUT2D eigenvalue weighted by molar-refractivity contribution is 0.240. The van der Waals surface area contributed by atoms with Crippen LogP contribution in [0.1, 0.15) is 32.4 Å². The van der Waals surface area contributed by atoms with Crippen LogP contribution in [0.15, 0.2) is 24.3 Å². The fraction of sp³-hybridized carbons (Fsp3) is 0.647. The fourth-order valence-corrected chi connectivity index (χ4v) is 3.14. The Morgan fingerprint density at radius 1 is 1.23 bits per heavy atom. The normalized spacial score (nSPS) is 23.2. The second kappa shape index (κ2) is 6.32. The van der Waals surface area contributed by atoms with Gasteiger partial charge in [0.1, 0.15) is 18.0 Å². The first kappa shape index (κ1) is 17.5. The molecule has 0 aliphatic carbocycles. The maximum Gasteiger partial charge on any atom is 0.192 e. The van der Waals surface area contributed by atoms with Crippen molar-refractivity contribution in [1.82, 2.24) is 0 Å². The molecule has 1 aromatic rings. The third-order valence-electron chi connectivity index (χ3n) is 4.89. The van der Waals surface area contributed by atoms with E-state index in [1.165, 1.54) is 0 Å². The van der Waals surface area contributed by atoms with Crippen molar-refractivity contribution in [2.24, 2.45) is 5.73 Å². The van der Waals surface area contributed by atoms with E-state index < -0.39 is 8.32 Å². The topological polar surface area (TPSA) is 57.0 Å². The summed E-state index contributed by atoms with van der Waals surface area (Å²) >= 11 is 0. The molecule has 0 saturated carbocycles. The lowest BCUT2D eigenvalue weighted by Gasteiger charge is -2.36. The number of methoxy groups -OCH3 is 1. The zero-order chi connectivity index (χ0) is 16.5. The van der Waals surface area contributed by atoms with Gasteiger partial charge in [0.15, 0.2) is 8.32 Å². The van der Waals surface area contributed by atoms with E-state index in [2.05, 4.69) is 33.9 Å². The van der Waals surface area contributed by atoms with E-state index in [4.69, 9.17) is 19.6 Å². The van der Waals surface area contributed by atoms with E-state index in [0.717, 1.165) is 11.3 Å². The molecule has 3 atom stereocenters. The summed E-state index contributed by atoms with van der Waals surface area (Å²) in [6, 6.07) is 7.74. The van der Waals surface area contributed by atoms with Gasteiger partial charge in [0.05, 0.1) is 19.8 Å². The quantitative estimate of drug-likeness (QED) is 0.643. The Balaban J connectivity index is 1.86. The fourth-order valence-electron chi connectivity index (χ4n) is 2.13. The van der Waals surface area contributed by atoms with Gasteiger partial charge in [-0.15, -0.1) is 0 Å². The maximum atomic E-state index is 6.30. The van der Waals surface area contributed by atoms with Crippen LogP contribution in [0.3, 0.4) is 0 Å². The Morgan fingerprint density at radius 3 is 2.32 bits per heavy atom. The van der Waals surface area contributed by atoms with Crippen molar-refractivity contribution in [2.75, 3.05) is 13.7 Å². The van der Waals surface area contributed by atoms with Crippen LogP contribution in [0.5, 0.6) is 5.75 Å². The zero-order valence-corrected chi connectivity index (χ0v) is 15.6. The van der Waals surface area contributed by atoms with Crippen LogP contribution in [0.25, 0.3) is 0 Å². The van der Waals surface area contributed by atoms with E-state index in [9.17, 15) is 0 Å². The Kier molecular flexibility index (Phi) is 5.02. The lowest BCUT2D eigenvalue weighted by Crippen LogP contribution is -2.42. The molecule has 1 saturated heterocycles. The van der Waals surface area contributed by atoms with Crippen molar-refractivity contribution in [2.45, 2.75) is 57.2 Å². The first-order valence-electron chi connectivity index (χ1n) is 7.84. The molecule has 0 amide bonds. The lowest BCUT2D eigenvalue weighted by atomic mass is 10.0. The van der Waals surface area contributed by atoms with Gasteiger partial charge in [-0.3, -0.25) is 0 Å². The predicted octanol–water partition coefficient (Wildman–Crippen LogP) is 3.48. The second-order valence-corrected chi connectivity index (χ2v) is 12.3. The second-order valence-electron chi connectivity index (χ2n) is 7.51. The number of hydrogen-bond acceptors (Lipinski definition) is 4. The molecule has 2 N–H and O–H groups in total. The van der Waals surface area contributed by atoms with Crippen LogP contribution in [-0.4, -0.2) is 34.2 Å². The van der Waals surface area contributed by atoms with E-state index in [-0.39, 0.29) is 23.3 Å². The molecule has 0 radical (unpaired) electrons. The van der Waals surface area contributed by atoms with Gasteiger partial charge in [0.25, 0.3) is 0 Å². The monoisotopic (exact) mass is 323 g/mol. The van der Waals surface area contributed by atoms with Crippen molar-refractivity contribution in [3.05, 3.63) is 29.8 Å². The summed E-state index contributed by atoms with van der Waals surface area (Å²) in [5.41, 5.74) is 7.37. The van der Waals surface area contributed by atoms with E-state index in [1.54, 1.807) is 7.11 Å². The molecule has 0 aromatic heterocycles. The van der Waals surface area contributed by atoms with Crippen molar-refractivity contribution in [3.63, 3.8) is 0 Å². The molecule has 5 heteroatoms. The minimum absolute atomic E-state index is 0.0539. The number of hydrogen-bond donors (Lipinski definition) is 1. The number of nitrogens with two attached hydrogens (primary N) is 1. The van der Waals surface area contributed by atoms with Crippen molar-refractivity contribution < 1.29 is 13.9 Å². The third kappa shape index (κ3) is 3.90. The largest absolute Gasteiger partial charge is 0.497 e. The van der Waals surface area contributed by atoms with Crippen molar-refractivity contribution >= 4 is 8.32 Å². The van der Waals surface area contributed by atoms with Crippen LogP contribution in [-0.2, 0) is 9.16 Å². The highest BCUT2D eigenvalue weighted by Crippen LogP contribution is 2.39. The Hall–Kier alpha value is -0.883. The van der Waals surface area contributed by atoms with Gasteiger partial charge < -0.3 is 19.6 Å². The maximum absolute atomic E-state index is 6.30. The highest BCUT2D eigenvalue weighted by Gasteiger charge is 2.46. The van der Waals surface area contributed by atoms with E-state index in [1.807, 2.05) is 24.3 Å². The highest BCUT2D eigenvalue weighted by molar-refractivity contribution is 6.74. The summed E-state index contributed by atoms with van der Waals surface area (Å²) < 4.78 is 17.1. The SMILES string of the molecule is COc1ccc([C@H](N)[C@@H]2O[C@H]2CO[Si](C)(C)C(C)(C)C)cc1. The molecular formula is C17H29NO3Si. The molecule has 1 fully saturated rings. The average molecular weight is 324 g/mol. The van der Waals surface area contributed by atoms with Gasteiger partial charge >= 0.3 is 0 Å². The van der Waals surface area contributed by atoms with E-state index >= 15 is 0 Å². The standard InChI is InChI=1S/C17H29NO3Si/c1-17(2,3)22(5,6)20-11-14-16(21-14)15(18)12-7-9-13(19-4)10-8-12/h7-10,14-16H,11,18H2,1-6H3/t14-,15-,16+/m0/s1. The number of rotatable bonds is 6. The molecule has 0 unspecified atom stereocenters. The third-order valence-corrected chi connectivity index (χ3v) is 9.39. The van der Waals surface area contributed by atoms with Gasteiger partial charge in [-0.2, -0.15) is 0 Å². The van der Waals surface area contributed by atoms with Gasteiger partial charge in [0, 0.05) is 0 Å². The predicted molar refractivity (Wildman–Crippen MR) is 91.7 cm³/mol. The molecule has 1 aromatic carbocycles. The van der Waals surface area contributed by atoms with Crippen molar-refractivity contribution in [3.8, 4) is 5.75 Å². The Morgan fingerprint density at radius 2 is 1.82 bits per heavy atom. The minimum Gasteiger partial charge on any atom is -0.497 e. The number of epoxide rings is 1. The molecule has 1 aliphatic rings.